The highest BCUT2D eigenvalue weighted by molar-refractivity contribution is 5.74. The Bertz CT molecular complexity index is 811. The molecule has 28 heavy (non-hydrogen) atoms. The van der Waals surface area contributed by atoms with Crippen molar-refractivity contribution in [2.45, 2.75) is 50.1 Å². The molecule has 0 radical (unpaired) electrons. The van der Waals surface area contributed by atoms with Crippen molar-refractivity contribution in [2.75, 3.05) is 30.0 Å². The third-order valence-corrected chi connectivity index (χ3v) is 7.09. The minimum absolute atomic E-state index is 0.205. The largest absolute Gasteiger partial charge is 0.366 e. The van der Waals surface area contributed by atoms with Crippen LogP contribution in [-0.2, 0) is 5.54 Å². The van der Waals surface area contributed by atoms with Gasteiger partial charge >= 0.3 is 0 Å². The second-order valence-electron chi connectivity index (χ2n) is 8.49. The Balaban J connectivity index is 1.35. The molecule has 1 aliphatic carbocycles. The van der Waals surface area contributed by atoms with Crippen molar-refractivity contribution in [3.05, 3.63) is 72.3 Å². The van der Waals surface area contributed by atoms with Crippen LogP contribution in [0.25, 0.3) is 0 Å². The van der Waals surface area contributed by atoms with Gasteiger partial charge in [-0.3, -0.25) is 4.90 Å². The standard InChI is InChI=1S/C25H31N3/c1-2-9-17-25(16-8-1,21-10-4-3-5-11-21)27-18-14-22(15-19-27)28-20-26-23-12-6-7-13-24(23)28/h1-7,10-13,22,26H,8-9,14-20H2. The number of fused-ring (bicyclic) bond motifs is 1. The van der Waals surface area contributed by atoms with Crippen LogP contribution in [0.4, 0.5) is 11.4 Å². The fraction of sp³-hybridized carbons (Fsp3) is 0.440. The highest BCUT2D eigenvalue weighted by Crippen LogP contribution is 2.42. The Morgan fingerprint density at radius 3 is 2.25 bits per heavy atom. The summed E-state index contributed by atoms with van der Waals surface area (Å²) in [5.74, 6) is 0. The number of benzene rings is 2. The fourth-order valence-corrected chi connectivity index (χ4v) is 5.60. The van der Waals surface area contributed by atoms with E-state index in [0.29, 0.717) is 6.04 Å². The van der Waals surface area contributed by atoms with Crippen molar-refractivity contribution in [3.8, 4) is 0 Å². The Kier molecular flexibility index (Phi) is 4.86. The summed E-state index contributed by atoms with van der Waals surface area (Å²) >= 11 is 0. The van der Waals surface area contributed by atoms with E-state index in [1.807, 2.05) is 0 Å². The molecule has 2 aromatic rings. The third-order valence-electron chi connectivity index (χ3n) is 7.09. The summed E-state index contributed by atoms with van der Waals surface area (Å²) in [6.07, 6.45) is 12.2. The minimum Gasteiger partial charge on any atom is -0.366 e. The number of rotatable bonds is 3. The summed E-state index contributed by atoms with van der Waals surface area (Å²) in [5.41, 5.74) is 4.40. The molecule has 3 nitrogen and oxygen atoms in total. The predicted octanol–water partition coefficient (Wildman–Crippen LogP) is 5.37. The first-order chi connectivity index (χ1) is 13.9. The first kappa shape index (κ1) is 17.8. The van der Waals surface area contributed by atoms with Crippen molar-refractivity contribution in [1.29, 1.82) is 0 Å². The molecule has 3 aliphatic rings. The van der Waals surface area contributed by atoms with Crippen molar-refractivity contribution in [3.63, 3.8) is 0 Å². The van der Waals surface area contributed by atoms with E-state index in [1.165, 1.54) is 68.6 Å². The number of likely N-dealkylation sites (tertiary alicyclic amines) is 1. The maximum absolute atomic E-state index is 3.57. The lowest BCUT2D eigenvalue weighted by Gasteiger charge is -2.49. The molecule has 2 heterocycles. The molecule has 0 spiro atoms. The van der Waals surface area contributed by atoms with Crippen LogP contribution in [0.5, 0.6) is 0 Å². The first-order valence-electron chi connectivity index (χ1n) is 10.9. The normalized spacial score (nSPS) is 22.5. The van der Waals surface area contributed by atoms with Gasteiger partial charge in [0, 0.05) is 24.7 Å². The van der Waals surface area contributed by atoms with Crippen LogP contribution in [0.15, 0.2) is 66.7 Å². The van der Waals surface area contributed by atoms with E-state index < -0.39 is 0 Å². The molecule has 0 aromatic heterocycles. The molecule has 0 amide bonds. The van der Waals surface area contributed by atoms with Crippen LogP contribution in [0.3, 0.4) is 0 Å². The summed E-state index contributed by atoms with van der Waals surface area (Å²) in [5, 5.41) is 3.57. The topological polar surface area (TPSA) is 18.5 Å². The number of allylic oxidation sites excluding steroid dienone is 2. The van der Waals surface area contributed by atoms with Gasteiger partial charge in [0.05, 0.1) is 18.0 Å². The van der Waals surface area contributed by atoms with E-state index in [9.17, 15) is 0 Å². The fourth-order valence-electron chi connectivity index (χ4n) is 5.60. The van der Waals surface area contributed by atoms with Crippen molar-refractivity contribution in [2.24, 2.45) is 0 Å². The Morgan fingerprint density at radius 2 is 1.50 bits per heavy atom. The molecule has 5 rings (SSSR count). The number of anilines is 2. The van der Waals surface area contributed by atoms with Crippen LogP contribution in [0.2, 0.25) is 0 Å². The van der Waals surface area contributed by atoms with Crippen molar-refractivity contribution in [1.82, 2.24) is 4.90 Å². The zero-order chi connectivity index (χ0) is 18.8. The molecule has 0 saturated carbocycles. The average Bonchev–Trinajstić information content (AvgIpc) is 3.03. The van der Waals surface area contributed by atoms with Crippen LogP contribution in [-0.4, -0.2) is 30.7 Å². The van der Waals surface area contributed by atoms with Gasteiger partial charge in [0.25, 0.3) is 0 Å². The van der Waals surface area contributed by atoms with Crippen LogP contribution in [0, 0.1) is 0 Å². The Labute approximate surface area is 169 Å². The molecular formula is C25H31N3. The van der Waals surface area contributed by atoms with Gasteiger partial charge in [0.1, 0.15) is 0 Å². The molecule has 146 valence electrons. The first-order valence-corrected chi connectivity index (χ1v) is 10.9. The summed E-state index contributed by atoms with van der Waals surface area (Å²) in [6, 6.07) is 20.7. The number of para-hydroxylation sites is 2. The minimum atomic E-state index is 0.205. The van der Waals surface area contributed by atoms with Crippen molar-refractivity contribution < 1.29 is 0 Å². The number of hydrogen-bond donors (Lipinski definition) is 1. The summed E-state index contributed by atoms with van der Waals surface area (Å²) in [6.45, 7) is 3.34. The number of nitrogens with one attached hydrogen (secondary N) is 1. The maximum atomic E-state index is 3.57. The smallest absolute Gasteiger partial charge is 0.0880 e. The summed E-state index contributed by atoms with van der Waals surface area (Å²) < 4.78 is 0. The highest BCUT2D eigenvalue weighted by atomic mass is 15.3. The number of nitrogens with zero attached hydrogens (tertiary/aromatic N) is 2. The second-order valence-corrected chi connectivity index (χ2v) is 8.49. The molecule has 0 bridgehead atoms. The molecular weight excluding hydrogens is 342 g/mol. The van der Waals surface area contributed by atoms with E-state index >= 15 is 0 Å². The lowest BCUT2D eigenvalue weighted by molar-refractivity contribution is 0.0446. The number of hydrogen-bond acceptors (Lipinski definition) is 3. The van der Waals surface area contributed by atoms with E-state index in [1.54, 1.807) is 0 Å². The van der Waals surface area contributed by atoms with Crippen LogP contribution in [0.1, 0.15) is 44.1 Å². The third kappa shape index (κ3) is 3.12. The quantitative estimate of drug-likeness (QED) is 0.730. The second kappa shape index (κ2) is 7.63. The van der Waals surface area contributed by atoms with E-state index in [4.69, 9.17) is 0 Å². The van der Waals surface area contributed by atoms with E-state index in [2.05, 4.69) is 81.9 Å². The molecule has 1 fully saturated rings. The molecule has 0 atom stereocenters. The zero-order valence-electron chi connectivity index (χ0n) is 16.7. The highest BCUT2D eigenvalue weighted by Gasteiger charge is 2.40. The Morgan fingerprint density at radius 1 is 0.821 bits per heavy atom. The van der Waals surface area contributed by atoms with E-state index in [-0.39, 0.29) is 5.54 Å². The molecule has 1 saturated heterocycles. The van der Waals surface area contributed by atoms with Gasteiger partial charge in [-0.15, -0.1) is 0 Å². The van der Waals surface area contributed by atoms with Gasteiger partial charge in [0.15, 0.2) is 0 Å². The molecule has 2 aromatic carbocycles. The van der Waals surface area contributed by atoms with Gasteiger partial charge in [0.2, 0.25) is 0 Å². The SMILES string of the molecule is C1=CCCC(c2ccccc2)(N2CCC(N3CNc4ccccc43)CC2)CC1. The predicted molar refractivity (Wildman–Crippen MR) is 118 cm³/mol. The molecule has 1 N–H and O–H groups in total. The zero-order valence-corrected chi connectivity index (χ0v) is 16.7. The van der Waals surface area contributed by atoms with Gasteiger partial charge < -0.3 is 10.2 Å². The van der Waals surface area contributed by atoms with Crippen molar-refractivity contribution >= 4 is 11.4 Å². The molecule has 3 heteroatoms. The number of piperidine rings is 1. The summed E-state index contributed by atoms with van der Waals surface area (Å²) in [4.78, 5) is 5.41. The Hall–Kier alpha value is -2.26. The van der Waals surface area contributed by atoms with Crippen LogP contribution >= 0.6 is 0 Å². The monoisotopic (exact) mass is 373 g/mol. The van der Waals surface area contributed by atoms with E-state index in [0.717, 1.165) is 6.67 Å². The van der Waals surface area contributed by atoms with Gasteiger partial charge in [-0.25, -0.2) is 0 Å². The lowest BCUT2D eigenvalue weighted by Crippen LogP contribution is -2.53. The van der Waals surface area contributed by atoms with Gasteiger partial charge in [-0.2, -0.15) is 0 Å². The van der Waals surface area contributed by atoms with Gasteiger partial charge in [-0.1, -0.05) is 54.6 Å². The molecule has 0 unspecified atom stereocenters. The van der Waals surface area contributed by atoms with Gasteiger partial charge in [-0.05, 0) is 56.2 Å². The van der Waals surface area contributed by atoms with Crippen LogP contribution < -0.4 is 10.2 Å². The lowest BCUT2D eigenvalue weighted by atomic mass is 9.79. The maximum Gasteiger partial charge on any atom is 0.0880 e. The molecule has 2 aliphatic heterocycles. The average molecular weight is 374 g/mol. The summed E-state index contributed by atoms with van der Waals surface area (Å²) in [7, 11) is 0.